The number of benzene rings is 1. The second kappa shape index (κ2) is 16.4. The first-order chi connectivity index (χ1) is 19.2. The maximum Gasteiger partial charge on any atom is 0.157 e. The van der Waals surface area contributed by atoms with E-state index in [1.54, 1.807) is 0 Å². The Bertz CT molecular complexity index is 1040. The number of hydrogen-bond acceptors (Lipinski definition) is 10. The summed E-state index contributed by atoms with van der Waals surface area (Å²) in [4.78, 5) is 1.82. The van der Waals surface area contributed by atoms with Crippen LogP contribution in [0.2, 0.25) is 0 Å². The third kappa shape index (κ3) is 9.04. The molecule has 0 amide bonds. The Kier molecular flexibility index (Phi) is 12.6. The van der Waals surface area contributed by atoms with Crippen LogP contribution in [-0.2, 0) is 18.9 Å². The van der Waals surface area contributed by atoms with Crippen LogP contribution in [0.15, 0.2) is 25.7 Å². The molecule has 2 unspecified atom stereocenters. The average Bonchev–Trinajstić information content (AvgIpc) is 3.40. The van der Waals surface area contributed by atoms with Crippen molar-refractivity contribution in [1.29, 1.82) is 10.5 Å². The van der Waals surface area contributed by atoms with Crippen molar-refractivity contribution in [2.24, 2.45) is 0 Å². The number of ether oxygens (including phenoxy) is 6. The van der Waals surface area contributed by atoms with E-state index < -0.39 is 0 Å². The largest absolute Gasteiger partial charge is 0.492 e. The molecule has 2 saturated heterocycles. The van der Waals surface area contributed by atoms with Crippen LogP contribution in [0, 0.1) is 29.6 Å². The molecular formula is C29H38N2O6S2. The van der Waals surface area contributed by atoms with Crippen LogP contribution in [-0.4, -0.2) is 52.2 Å². The van der Waals surface area contributed by atoms with E-state index in [0.717, 1.165) is 104 Å². The van der Waals surface area contributed by atoms with E-state index in [-0.39, 0.29) is 18.2 Å². The normalized spacial score (nSPS) is 20.6. The van der Waals surface area contributed by atoms with Gasteiger partial charge in [0.15, 0.2) is 12.6 Å². The van der Waals surface area contributed by atoms with Crippen LogP contribution in [0.1, 0.15) is 69.8 Å². The minimum absolute atomic E-state index is 0.0651. The van der Waals surface area contributed by atoms with Gasteiger partial charge in [0, 0.05) is 26.4 Å². The van der Waals surface area contributed by atoms with Crippen molar-refractivity contribution in [1.82, 2.24) is 0 Å². The first-order valence-electron chi connectivity index (χ1n) is 14.0. The average molecular weight is 575 g/mol. The van der Waals surface area contributed by atoms with E-state index >= 15 is 0 Å². The predicted octanol–water partition coefficient (Wildman–Crippen LogP) is 6.86. The third-order valence-electron chi connectivity index (χ3n) is 6.62. The van der Waals surface area contributed by atoms with Crippen molar-refractivity contribution in [3.05, 3.63) is 21.4 Å². The van der Waals surface area contributed by atoms with Crippen molar-refractivity contribution in [3.8, 4) is 23.6 Å². The van der Waals surface area contributed by atoms with Crippen molar-refractivity contribution < 1.29 is 28.4 Å². The number of aryl methyl sites for hydroxylation is 1. The first-order valence-corrected chi connectivity index (χ1v) is 15.6. The number of rotatable bonds is 14. The lowest BCUT2D eigenvalue weighted by Gasteiger charge is -2.22. The number of allylic oxidation sites excluding steroid dienone is 1. The standard InChI is InChI=1S/C29H38N2O6S2/c1-21-18-23(32-12-6-7-15-35-24-10-2-4-13-33-24)27-28(39-29(38-27)22(19-30)20-31)26(21)37-17-9-8-16-36-25-11-3-5-14-34-25/h18,24-25H,2-17H2,1H3. The lowest BCUT2D eigenvalue weighted by Crippen LogP contribution is -2.22. The van der Waals surface area contributed by atoms with Crippen molar-refractivity contribution in [2.45, 2.75) is 93.5 Å². The van der Waals surface area contributed by atoms with Crippen LogP contribution in [0.25, 0.3) is 0 Å². The minimum atomic E-state index is -0.0655. The Balaban J connectivity index is 1.29. The monoisotopic (exact) mass is 574 g/mol. The zero-order valence-electron chi connectivity index (χ0n) is 22.7. The van der Waals surface area contributed by atoms with Crippen molar-refractivity contribution >= 4 is 23.5 Å². The van der Waals surface area contributed by atoms with Crippen LogP contribution in [0.5, 0.6) is 11.5 Å². The summed E-state index contributed by atoms with van der Waals surface area (Å²) in [6.07, 6.45) is 9.85. The number of nitriles is 2. The highest BCUT2D eigenvalue weighted by Gasteiger charge is 2.30. The van der Waals surface area contributed by atoms with Gasteiger partial charge in [-0.3, -0.25) is 0 Å². The number of thioether (sulfide) groups is 2. The van der Waals surface area contributed by atoms with Gasteiger partial charge in [0.1, 0.15) is 29.2 Å². The van der Waals surface area contributed by atoms with Crippen molar-refractivity contribution in [3.63, 3.8) is 0 Å². The van der Waals surface area contributed by atoms with Gasteiger partial charge in [-0.2, -0.15) is 10.5 Å². The molecule has 0 radical (unpaired) electrons. The molecule has 212 valence electrons. The van der Waals surface area contributed by atoms with Crippen LogP contribution in [0.4, 0.5) is 0 Å². The molecule has 0 N–H and O–H groups in total. The molecule has 4 rings (SSSR count). The predicted molar refractivity (Wildman–Crippen MR) is 150 cm³/mol. The quantitative estimate of drug-likeness (QED) is 0.173. The summed E-state index contributed by atoms with van der Waals surface area (Å²) < 4.78 is 36.0. The number of fused-ring (bicyclic) bond motifs is 1. The van der Waals surface area contributed by atoms with Crippen LogP contribution < -0.4 is 9.47 Å². The van der Waals surface area contributed by atoms with Crippen molar-refractivity contribution in [2.75, 3.05) is 39.6 Å². The molecule has 3 aliphatic rings. The summed E-state index contributed by atoms with van der Waals surface area (Å²) >= 11 is 2.83. The highest BCUT2D eigenvalue weighted by molar-refractivity contribution is 8.24. The van der Waals surface area contributed by atoms with E-state index in [1.807, 2.05) is 25.1 Å². The summed E-state index contributed by atoms with van der Waals surface area (Å²) in [5, 5.41) is 18.9. The first kappa shape index (κ1) is 30.0. The Morgan fingerprint density at radius 3 is 1.95 bits per heavy atom. The zero-order chi connectivity index (χ0) is 27.3. The molecule has 1 aromatic rings. The Morgan fingerprint density at radius 1 is 0.821 bits per heavy atom. The molecule has 10 heteroatoms. The maximum atomic E-state index is 9.43. The van der Waals surface area contributed by atoms with Gasteiger partial charge < -0.3 is 28.4 Å². The highest BCUT2D eigenvalue weighted by atomic mass is 32.2. The van der Waals surface area contributed by atoms with Gasteiger partial charge in [-0.1, -0.05) is 23.5 Å². The fraction of sp³-hybridized carbons (Fsp3) is 0.655. The molecule has 2 fully saturated rings. The third-order valence-corrected chi connectivity index (χ3v) is 9.24. The van der Waals surface area contributed by atoms with E-state index in [2.05, 4.69) is 0 Å². The van der Waals surface area contributed by atoms with Gasteiger partial charge in [0.25, 0.3) is 0 Å². The van der Waals surface area contributed by atoms with Crippen LogP contribution in [0.3, 0.4) is 0 Å². The van der Waals surface area contributed by atoms with Crippen LogP contribution >= 0.6 is 23.5 Å². The maximum absolute atomic E-state index is 9.43. The van der Waals surface area contributed by atoms with E-state index in [9.17, 15) is 10.5 Å². The Hall–Kier alpha value is -1.92. The SMILES string of the molecule is Cc1cc(OCCCCOC2CCCCO2)c2c(c1OCCCCOC1CCCCO1)SC(=C(C#N)C#N)S2. The van der Waals surface area contributed by atoms with E-state index in [1.165, 1.54) is 23.5 Å². The molecule has 2 atom stereocenters. The van der Waals surface area contributed by atoms with Gasteiger partial charge in [-0.25, -0.2) is 0 Å². The smallest absolute Gasteiger partial charge is 0.157 e. The molecule has 0 aliphatic carbocycles. The van der Waals surface area contributed by atoms with Gasteiger partial charge in [-0.05, 0) is 82.8 Å². The molecule has 39 heavy (non-hydrogen) atoms. The number of nitrogens with zero attached hydrogens (tertiary/aromatic N) is 2. The Morgan fingerprint density at radius 2 is 1.38 bits per heavy atom. The molecule has 8 nitrogen and oxygen atoms in total. The van der Waals surface area contributed by atoms with Gasteiger partial charge >= 0.3 is 0 Å². The van der Waals surface area contributed by atoms with Gasteiger partial charge in [-0.15, -0.1) is 0 Å². The lowest BCUT2D eigenvalue weighted by molar-refractivity contribution is -0.163. The molecule has 3 heterocycles. The van der Waals surface area contributed by atoms with E-state index in [4.69, 9.17) is 28.4 Å². The molecule has 0 saturated carbocycles. The number of unbranched alkanes of at least 4 members (excludes halogenated alkanes) is 2. The van der Waals surface area contributed by atoms with Gasteiger partial charge in [0.05, 0.1) is 27.2 Å². The molecule has 0 aromatic heterocycles. The molecule has 1 aromatic carbocycles. The molecule has 3 aliphatic heterocycles. The summed E-state index contributed by atoms with van der Waals surface area (Å²) in [6, 6.07) is 6.03. The molecule has 0 spiro atoms. The highest BCUT2D eigenvalue weighted by Crippen LogP contribution is 2.59. The second-order valence-corrected chi connectivity index (χ2v) is 12.0. The Labute approximate surface area is 240 Å². The number of hydrogen-bond donors (Lipinski definition) is 0. The fourth-order valence-electron chi connectivity index (χ4n) is 4.50. The summed E-state index contributed by atoms with van der Waals surface area (Å²) in [5.74, 6) is 1.55. The summed E-state index contributed by atoms with van der Waals surface area (Å²) in [7, 11) is 0. The molecular weight excluding hydrogens is 536 g/mol. The summed E-state index contributed by atoms with van der Waals surface area (Å²) in [6.45, 7) is 6.00. The summed E-state index contributed by atoms with van der Waals surface area (Å²) in [5.41, 5.74) is 1.08. The fourth-order valence-corrected chi connectivity index (χ4v) is 7.09. The zero-order valence-corrected chi connectivity index (χ0v) is 24.3. The second-order valence-electron chi connectivity index (χ2n) is 9.71. The van der Waals surface area contributed by atoms with E-state index in [0.29, 0.717) is 30.7 Å². The lowest BCUT2D eigenvalue weighted by atomic mass is 10.2. The topological polar surface area (TPSA) is 103 Å². The minimum Gasteiger partial charge on any atom is -0.492 e. The molecule has 0 bridgehead atoms. The van der Waals surface area contributed by atoms with Gasteiger partial charge in [0.2, 0.25) is 0 Å².